The number of nitrogens with zero attached hydrogens (tertiary/aromatic N) is 1. The molecule has 0 atom stereocenters. The lowest BCUT2D eigenvalue weighted by Gasteiger charge is -2.34. The molecule has 0 spiro atoms. The Morgan fingerprint density at radius 1 is 1.12 bits per heavy atom. The molecule has 0 bridgehead atoms. The summed E-state index contributed by atoms with van der Waals surface area (Å²) in [6, 6.07) is 0. The number of piperidine rings is 1. The monoisotopic (exact) mass is 259 g/mol. The van der Waals surface area contributed by atoms with Crippen LogP contribution in [0.3, 0.4) is 0 Å². The molecular formula is C13H16ClF2N. The summed E-state index contributed by atoms with van der Waals surface area (Å²) in [6.07, 6.45) is 6.26. The fraction of sp³-hybridized carbons (Fsp3) is 0.385. The van der Waals surface area contributed by atoms with Crippen LogP contribution in [0.5, 0.6) is 0 Å². The lowest BCUT2D eigenvalue weighted by Crippen LogP contribution is -2.38. The van der Waals surface area contributed by atoms with Gasteiger partial charge in [-0.1, -0.05) is 36.9 Å². The van der Waals surface area contributed by atoms with Crippen molar-refractivity contribution in [2.75, 3.05) is 13.1 Å². The van der Waals surface area contributed by atoms with E-state index in [9.17, 15) is 8.78 Å². The van der Waals surface area contributed by atoms with Gasteiger partial charge >= 0.3 is 0 Å². The van der Waals surface area contributed by atoms with Crippen molar-refractivity contribution in [2.24, 2.45) is 0 Å². The Morgan fingerprint density at radius 3 is 2.12 bits per heavy atom. The number of halogens is 3. The van der Waals surface area contributed by atoms with Crippen LogP contribution < -0.4 is 0 Å². The lowest BCUT2D eigenvalue weighted by molar-refractivity contribution is -0.0484. The van der Waals surface area contributed by atoms with Crippen molar-refractivity contribution < 1.29 is 8.78 Å². The van der Waals surface area contributed by atoms with Crippen molar-refractivity contribution in [1.82, 2.24) is 4.90 Å². The molecule has 0 saturated carbocycles. The average molecular weight is 260 g/mol. The van der Waals surface area contributed by atoms with E-state index in [1.807, 2.05) is 4.90 Å². The predicted molar refractivity (Wildman–Crippen MR) is 68.2 cm³/mol. The molecule has 1 aliphatic heterocycles. The van der Waals surface area contributed by atoms with E-state index >= 15 is 0 Å². The van der Waals surface area contributed by atoms with Gasteiger partial charge in [-0.3, -0.25) is 0 Å². The Labute approximate surface area is 106 Å². The Kier molecular flexibility index (Phi) is 4.94. The van der Waals surface area contributed by atoms with Crippen LogP contribution in [-0.4, -0.2) is 23.9 Å². The number of allylic oxidation sites excluding steroid dienone is 5. The molecule has 1 nitrogen and oxygen atoms in total. The van der Waals surface area contributed by atoms with Gasteiger partial charge in [0.25, 0.3) is 5.92 Å². The molecule has 1 fully saturated rings. The van der Waals surface area contributed by atoms with E-state index in [0.717, 1.165) is 5.70 Å². The van der Waals surface area contributed by atoms with Gasteiger partial charge < -0.3 is 4.90 Å². The van der Waals surface area contributed by atoms with Crippen molar-refractivity contribution in [3.63, 3.8) is 0 Å². The first-order chi connectivity index (χ1) is 8.00. The molecule has 0 aromatic heterocycles. The van der Waals surface area contributed by atoms with Crippen LogP contribution >= 0.6 is 11.6 Å². The molecule has 1 aliphatic rings. The second kappa shape index (κ2) is 6.01. The fourth-order valence-corrected chi connectivity index (χ4v) is 1.98. The third-order valence-electron chi connectivity index (χ3n) is 2.62. The highest BCUT2D eigenvalue weighted by Crippen LogP contribution is 2.31. The zero-order valence-corrected chi connectivity index (χ0v) is 10.4. The molecule has 1 heterocycles. The van der Waals surface area contributed by atoms with E-state index < -0.39 is 5.92 Å². The van der Waals surface area contributed by atoms with E-state index in [1.54, 1.807) is 24.3 Å². The van der Waals surface area contributed by atoms with E-state index in [-0.39, 0.29) is 12.8 Å². The molecule has 0 radical (unpaired) electrons. The average Bonchev–Trinajstić information content (AvgIpc) is 2.27. The molecule has 4 heteroatoms. The van der Waals surface area contributed by atoms with Crippen molar-refractivity contribution in [3.8, 4) is 0 Å². The SMILES string of the molecule is C=C/C=C(Cl)/C(=C\C=C)N1CCC(F)(F)CC1. The topological polar surface area (TPSA) is 3.24 Å². The maximum Gasteiger partial charge on any atom is 0.251 e. The number of alkyl halides is 2. The van der Waals surface area contributed by atoms with Crippen LogP contribution in [0.4, 0.5) is 8.78 Å². The van der Waals surface area contributed by atoms with Gasteiger partial charge in [-0.25, -0.2) is 8.78 Å². The summed E-state index contributed by atoms with van der Waals surface area (Å²) < 4.78 is 26.1. The second-order valence-corrected chi connectivity index (χ2v) is 4.29. The molecule has 0 aromatic rings. The highest BCUT2D eigenvalue weighted by molar-refractivity contribution is 6.32. The Bertz CT molecular complexity index is 348. The van der Waals surface area contributed by atoms with Gasteiger partial charge in [0, 0.05) is 25.9 Å². The summed E-state index contributed by atoms with van der Waals surface area (Å²) >= 11 is 6.07. The molecule has 1 rings (SSSR count). The molecule has 0 aliphatic carbocycles. The van der Waals surface area contributed by atoms with Crippen LogP contribution in [0.15, 0.2) is 48.2 Å². The minimum Gasteiger partial charge on any atom is -0.370 e. The summed E-state index contributed by atoms with van der Waals surface area (Å²) in [5.41, 5.74) is 0.720. The van der Waals surface area contributed by atoms with Gasteiger partial charge in [0.05, 0.1) is 10.7 Å². The van der Waals surface area contributed by atoms with Gasteiger partial charge in [0.1, 0.15) is 0 Å². The number of likely N-dealkylation sites (tertiary alicyclic amines) is 1. The quantitative estimate of drug-likeness (QED) is 0.687. The predicted octanol–water partition coefficient (Wildman–Crippen LogP) is 4.10. The fourth-order valence-electron chi connectivity index (χ4n) is 1.71. The van der Waals surface area contributed by atoms with Gasteiger partial charge in [0.2, 0.25) is 0 Å². The number of rotatable bonds is 4. The van der Waals surface area contributed by atoms with E-state index in [1.165, 1.54) is 0 Å². The first-order valence-electron chi connectivity index (χ1n) is 5.44. The number of hydrogen-bond donors (Lipinski definition) is 0. The summed E-state index contributed by atoms with van der Waals surface area (Å²) in [6.45, 7) is 7.76. The second-order valence-electron chi connectivity index (χ2n) is 3.88. The van der Waals surface area contributed by atoms with E-state index in [2.05, 4.69) is 13.2 Å². The first kappa shape index (κ1) is 14.0. The lowest BCUT2D eigenvalue weighted by atomic mass is 10.1. The molecule has 94 valence electrons. The summed E-state index contributed by atoms with van der Waals surface area (Å²) in [5.74, 6) is -2.55. The van der Waals surface area contributed by atoms with Crippen molar-refractivity contribution in [2.45, 2.75) is 18.8 Å². The van der Waals surface area contributed by atoms with Crippen LogP contribution in [0.25, 0.3) is 0 Å². The van der Waals surface area contributed by atoms with Crippen LogP contribution in [0.2, 0.25) is 0 Å². The van der Waals surface area contributed by atoms with Crippen molar-refractivity contribution >= 4 is 11.6 Å². The molecule has 17 heavy (non-hydrogen) atoms. The molecule has 0 aromatic carbocycles. The van der Waals surface area contributed by atoms with Crippen LogP contribution in [-0.2, 0) is 0 Å². The molecule has 1 saturated heterocycles. The van der Waals surface area contributed by atoms with Crippen molar-refractivity contribution in [1.29, 1.82) is 0 Å². The van der Waals surface area contributed by atoms with Crippen LogP contribution in [0.1, 0.15) is 12.8 Å². The maximum absolute atomic E-state index is 13.0. The first-order valence-corrected chi connectivity index (χ1v) is 5.82. The van der Waals surface area contributed by atoms with Gasteiger partial charge in [-0.2, -0.15) is 0 Å². The van der Waals surface area contributed by atoms with Crippen LogP contribution in [0, 0.1) is 0 Å². The number of hydrogen-bond acceptors (Lipinski definition) is 1. The minimum atomic E-state index is -2.55. The van der Waals surface area contributed by atoms with E-state index in [0.29, 0.717) is 18.1 Å². The summed E-state index contributed by atoms with van der Waals surface area (Å²) in [7, 11) is 0. The normalized spacial score (nSPS) is 21.2. The third-order valence-corrected chi connectivity index (χ3v) is 2.94. The highest BCUT2D eigenvalue weighted by atomic mass is 35.5. The minimum absolute atomic E-state index is 0.139. The van der Waals surface area contributed by atoms with Gasteiger partial charge in [0.15, 0.2) is 0 Å². The Balaban J connectivity index is 2.81. The highest BCUT2D eigenvalue weighted by Gasteiger charge is 2.34. The summed E-state index contributed by atoms with van der Waals surface area (Å²) in [4.78, 5) is 1.85. The third kappa shape index (κ3) is 4.00. The molecule has 0 unspecified atom stereocenters. The zero-order chi connectivity index (χ0) is 12.9. The zero-order valence-electron chi connectivity index (χ0n) is 9.63. The van der Waals surface area contributed by atoms with Gasteiger partial charge in [-0.05, 0) is 12.2 Å². The maximum atomic E-state index is 13.0. The molecule has 0 N–H and O–H groups in total. The molecular weight excluding hydrogens is 244 g/mol. The van der Waals surface area contributed by atoms with E-state index in [4.69, 9.17) is 11.6 Å². The Hall–Kier alpha value is -1.09. The Morgan fingerprint density at radius 2 is 1.65 bits per heavy atom. The molecule has 0 amide bonds. The standard InChI is InChI=1S/C13H16ClF2N/c1-3-5-11(14)12(6-4-2)17-9-7-13(15,16)8-10-17/h3-6H,1-2,7-10H2/b11-5-,12-6+. The van der Waals surface area contributed by atoms with Crippen molar-refractivity contribution in [3.05, 3.63) is 48.2 Å². The smallest absolute Gasteiger partial charge is 0.251 e. The largest absolute Gasteiger partial charge is 0.370 e. The van der Waals surface area contributed by atoms with Gasteiger partial charge in [-0.15, -0.1) is 0 Å². The summed E-state index contributed by atoms with van der Waals surface area (Å²) in [5, 5.41) is 0.491.